The number of nitrogens with zero attached hydrogens (tertiary/aromatic N) is 2. The molecular formula is C11H10N2O5. The Bertz CT molecular complexity index is 542. The average molecular weight is 250 g/mol. The minimum absolute atomic E-state index is 0.361. The summed E-state index contributed by atoms with van der Waals surface area (Å²) in [4.78, 5) is 25.7. The molecule has 2 rings (SSSR count). The maximum Gasteiger partial charge on any atom is 0.331 e. The van der Waals surface area contributed by atoms with Crippen LogP contribution in [0.5, 0.6) is 0 Å². The van der Waals surface area contributed by atoms with Crippen LogP contribution in [0.4, 0.5) is 0 Å². The molecule has 7 nitrogen and oxygen atoms in total. The Morgan fingerprint density at radius 3 is 2.56 bits per heavy atom. The second kappa shape index (κ2) is 4.44. The summed E-state index contributed by atoms with van der Waals surface area (Å²) in [6.07, 6.45) is 3.97. The minimum Gasteiger partial charge on any atom is -0.493 e. The van der Waals surface area contributed by atoms with E-state index in [2.05, 4.69) is 4.99 Å². The topological polar surface area (TPSA) is 91.0 Å². The van der Waals surface area contributed by atoms with Gasteiger partial charge in [-0.15, -0.1) is 0 Å². The number of methoxy groups -OCH3 is 2. The van der Waals surface area contributed by atoms with Gasteiger partial charge in [-0.3, -0.25) is 19.9 Å². The van der Waals surface area contributed by atoms with E-state index in [1.807, 2.05) is 0 Å². The molecule has 7 heteroatoms. The molecule has 0 aromatic rings. The fourth-order valence-corrected chi connectivity index (χ4v) is 1.77. The highest BCUT2D eigenvalue weighted by Crippen LogP contribution is 2.27. The molecule has 0 aromatic heterocycles. The van der Waals surface area contributed by atoms with E-state index >= 15 is 0 Å². The van der Waals surface area contributed by atoms with Gasteiger partial charge in [0.25, 0.3) is 0 Å². The van der Waals surface area contributed by atoms with Gasteiger partial charge >= 0.3 is 5.70 Å². The van der Waals surface area contributed by atoms with Gasteiger partial charge in [0.1, 0.15) is 6.20 Å². The molecule has 0 N–H and O–H groups in total. The molecule has 1 atom stereocenters. The van der Waals surface area contributed by atoms with Gasteiger partial charge in [0, 0.05) is 6.08 Å². The van der Waals surface area contributed by atoms with E-state index in [9.17, 15) is 14.9 Å². The third kappa shape index (κ3) is 1.79. The summed E-state index contributed by atoms with van der Waals surface area (Å²) in [5, 5.41) is 10.7. The first-order valence-corrected chi connectivity index (χ1v) is 5.06. The van der Waals surface area contributed by atoms with E-state index in [4.69, 9.17) is 9.47 Å². The average Bonchev–Trinajstić information content (AvgIpc) is 2.37. The molecule has 0 aromatic carbocycles. The van der Waals surface area contributed by atoms with Gasteiger partial charge in [0.15, 0.2) is 11.5 Å². The molecule has 1 unspecified atom stereocenters. The lowest BCUT2D eigenvalue weighted by Gasteiger charge is -2.21. The Morgan fingerprint density at radius 1 is 1.33 bits per heavy atom. The smallest absolute Gasteiger partial charge is 0.331 e. The van der Waals surface area contributed by atoms with Crippen LogP contribution < -0.4 is 0 Å². The fraction of sp³-hybridized carbons (Fsp3) is 0.273. The molecule has 1 aliphatic heterocycles. The zero-order chi connectivity index (χ0) is 13.3. The van der Waals surface area contributed by atoms with E-state index in [-0.39, 0.29) is 0 Å². The molecule has 0 amide bonds. The molecule has 1 heterocycles. The Hall–Kier alpha value is -2.44. The van der Waals surface area contributed by atoms with Crippen molar-refractivity contribution in [3.05, 3.63) is 45.7 Å². The Kier molecular flexibility index (Phi) is 2.97. The summed E-state index contributed by atoms with van der Waals surface area (Å²) in [7, 11) is 2.89. The number of fused-ring (bicyclic) bond motifs is 1. The van der Waals surface area contributed by atoms with Crippen LogP contribution >= 0.6 is 0 Å². The normalized spacial score (nSPS) is 22.1. The van der Waals surface area contributed by atoms with E-state index in [1.165, 1.54) is 26.4 Å². The van der Waals surface area contributed by atoms with Crippen molar-refractivity contribution in [2.24, 2.45) is 10.9 Å². The predicted octanol–water partition coefficient (Wildman–Crippen LogP) is 0.819. The number of allylic oxidation sites excluding steroid dienone is 3. The number of nitro groups is 1. The number of aliphatic imine (C=N–C) groups is 1. The van der Waals surface area contributed by atoms with Crippen LogP contribution in [0.2, 0.25) is 0 Å². The second-order valence-electron chi connectivity index (χ2n) is 3.62. The van der Waals surface area contributed by atoms with Gasteiger partial charge in [-0.1, -0.05) is 0 Å². The van der Waals surface area contributed by atoms with Crippen molar-refractivity contribution in [2.45, 2.75) is 0 Å². The number of carbonyl (C=O) groups excluding carboxylic acids is 1. The first kappa shape index (κ1) is 12.0. The number of ether oxygens (including phenoxy) is 2. The van der Waals surface area contributed by atoms with Crippen LogP contribution in [0.3, 0.4) is 0 Å². The minimum atomic E-state index is -0.788. The molecule has 0 radical (unpaired) electrons. The first-order chi connectivity index (χ1) is 8.58. The van der Waals surface area contributed by atoms with Crippen LogP contribution in [0.15, 0.2) is 40.6 Å². The number of Topliss-reactive ketones (excluding diaryl/α,β-unsaturated/α-hetero) is 1. The van der Waals surface area contributed by atoms with E-state index in [0.717, 1.165) is 6.20 Å². The standard InChI is InChI=1S/C11H10N2O5/c1-17-9-3-6-7(4-10(9)18-2)12-5-8(11(6)14)13(15)16/h3-6H,1-2H3. The van der Waals surface area contributed by atoms with Crippen molar-refractivity contribution in [3.8, 4) is 0 Å². The summed E-state index contributed by atoms with van der Waals surface area (Å²) in [5.41, 5.74) is -0.118. The molecule has 0 spiro atoms. The van der Waals surface area contributed by atoms with Crippen molar-refractivity contribution in [1.29, 1.82) is 0 Å². The van der Waals surface area contributed by atoms with E-state index in [1.54, 1.807) is 0 Å². The van der Waals surface area contributed by atoms with Gasteiger partial charge in [-0.2, -0.15) is 0 Å². The molecule has 0 bridgehead atoms. The number of ketones is 1. The van der Waals surface area contributed by atoms with Crippen molar-refractivity contribution in [2.75, 3.05) is 14.2 Å². The quantitative estimate of drug-likeness (QED) is 0.546. The second-order valence-corrected chi connectivity index (χ2v) is 3.62. The molecular weight excluding hydrogens is 240 g/mol. The van der Waals surface area contributed by atoms with Crippen molar-refractivity contribution in [1.82, 2.24) is 0 Å². The largest absolute Gasteiger partial charge is 0.493 e. The Balaban J connectivity index is 2.46. The summed E-state index contributed by atoms with van der Waals surface area (Å²) < 4.78 is 10.1. The zero-order valence-corrected chi connectivity index (χ0v) is 9.75. The SMILES string of the molecule is COC1=CC2=NC=C([N+](=O)[O-])C(=O)C2C=C1OC. The van der Waals surface area contributed by atoms with Crippen LogP contribution in [0.1, 0.15) is 0 Å². The lowest BCUT2D eigenvalue weighted by molar-refractivity contribution is -0.419. The molecule has 2 aliphatic rings. The zero-order valence-electron chi connectivity index (χ0n) is 9.75. The van der Waals surface area contributed by atoms with Crippen LogP contribution in [-0.2, 0) is 14.3 Å². The molecule has 0 saturated heterocycles. The lowest BCUT2D eigenvalue weighted by atomic mass is 9.89. The molecule has 18 heavy (non-hydrogen) atoms. The lowest BCUT2D eigenvalue weighted by Crippen LogP contribution is -2.31. The van der Waals surface area contributed by atoms with Gasteiger partial charge in [-0.05, 0) is 6.08 Å². The van der Waals surface area contributed by atoms with E-state index < -0.39 is 22.3 Å². The molecule has 94 valence electrons. The fourth-order valence-electron chi connectivity index (χ4n) is 1.77. The third-order valence-corrected chi connectivity index (χ3v) is 2.67. The van der Waals surface area contributed by atoms with Crippen LogP contribution in [0.25, 0.3) is 0 Å². The van der Waals surface area contributed by atoms with Crippen molar-refractivity contribution in [3.63, 3.8) is 0 Å². The molecule has 0 saturated carbocycles. The Labute approximate surface area is 102 Å². The number of hydrogen-bond acceptors (Lipinski definition) is 6. The van der Waals surface area contributed by atoms with Crippen LogP contribution in [0, 0.1) is 16.0 Å². The highest BCUT2D eigenvalue weighted by Gasteiger charge is 2.37. The van der Waals surface area contributed by atoms with E-state index in [0.29, 0.717) is 17.2 Å². The summed E-state index contributed by atoms with van der Waals surface area (Å²) in [6, 6.07) is 0. The molecule has 1 aliphatic carbocycles. The number of rotatable bonds is 3. The first-order valence-electron chi connectivity index (χ1n) is 5.06. The Morgan fingerprint density at radius 2 is 2.00 bits per heavy atom. The third-order valence-electron chi connectivity index (χ3n) is 2.67. The maximum absolute atomic E-state index is 11.9. The molecule has 0 fully saturated rings. The van der Waals surface area contributed by atoms with Gasteiger partial charge in [-0.25, -0.2) is 0 Å². The van der Waals surface area contributed by atoms with Gasteiger partial charge < -0.3 is 9.47 Å². The monoisotopic (exact) mass is 250 g/mol. The van der Waals surface area contributed by atoms with Crippen molar-refractivity contribution < 1.29 is 19.2 Å². The maximum atomic E-state index is 11.9. The highest BCUT2D eigenvalue weighted by molar-refractivity contribution is 6.19. The van der Waals surface area contributed by atoms with Gasteiger partial charge in [0.05, 0.1) is 30.8 Å². The highest BCUT2D eigenvalue weighted by atomic mass is 16.6. The summed E-state index contributed by atoms with van der Waals surface area (Å²) >= 11 is 0. The summed E-state index contributed by atoms with van der Waals surface area (Å²) in [6.45, 7) is 0. The van der Waals surface area contributed by atoms with Crippen molar-refractivity contribution >= 4 is 11.5 Å². The summed E-state index contributed by atoms with van der Waals surface area (Å²) in [5.74, 6) is -0.604. The number of carbonyl (C=O) groups is 1. The van der Waals surface area contributed by atoms with Gasteiger partial charge in [0.2, 0.25) is 5.78 Å². The number of hydrogen-bond donors (Lipinski definition) is 0. The predicted molar refractivity (Wildman–Crippen MR) is 61.2 cm³/mol. The van der Waals surface area contributed by atoms with Crippen LogP contribution in [-0.4, -0.2) is 30.6 Å².